The Kier molecular flexibility index (Phi) is 4.93. The first-order valence-electron chi connectivity index (χ1n) is 7.64. The van der Waals surface area contributed by atoms with Gasteiger partial charge in [-0.15, -0.1) is 5.10 Å². The van der Waals surface area contributed by atoms with Crippen molar-refractivity contribution >= 4 is 17.4 Å². The van der Waals surface area contributed by atoms with Crippen molar-refractivity contribution in [3.8, 4) is 5.75 Å². The van der Waals surface area contributed by atoms with Gasteiger partial charge in [-0.05, 0) is 36.8 Å². The highest BCUT2D eigenvalue weighted by molar-refractivity contribution is 6.02. The number of carbonyl (C=O) groups is 1. The van der Waals surface area contributed by atoms with E-state index >= 15 is 0 Å². The summed E-state index contributed by atoms with van der Waals surface area (Å²) in [4.78, 5) is 20.2. The first-order chi connectivity index (χ1) is 12.8. The molecule has 0 saturated carbocycles. The van der Waals surface area contributed by atoms with Gasteiger partial charge in [0.25, 0.3) is 11.7 Å². The highest BCUT2D eigenvalue weighted by Gasteiger charge is 2.41. The molecule has 0 aliphatic rings. The maximum absolute atomic E-state index is 12.9. The molecular weight excluding hydrogens is 370 g/mol. The summed E-state index contributed by atoms with van der Waals surface area (Å²) < 4.78 is 56.2. The molecule has 0 atom stereocenters. The molecule has 3 rings (SSSR count). The van der Waals surface area contributed by atoms with Crippen LogP contribution in [0.5, 0.6) is 5.75 Å². The summed E-state index contributed by atoms with van der Waals surface area (Å²) in [5.74, 6) is -4.72. The predicted molar refractivity (Wildman–Crippen MR) is 86.4 cm³/mol. The van der Waals surface area contributed by atoms with Gasteiger partial charge in [0.05, 0.1) is 0 Å². The number of aryl methyl sites for hydroxylation is 1. The Morgan fingerprint density at radius 1 is 1.37 bits per heavy atom. The third-order valence-corrected chi connectivity index (χ3v) is 3.52. The minimum Gasteiger partial charge on any atom is -0.487 e. The van der Waals surface area contributed by atoms with Crippen LogP contribution in [0.1, 0.15) is 16.2 Å². The summed E-state index contributed by atoms with van der Waals surface area (Å²) in [6.45, 7) is 0.139. The molecule has 7 nitrogen and oxygen atoms in total. The average Bonchev–Trinajstić information content (AvgIpc) is 3.06. The lowest BCUT2D eigenvalue weighted by Crippen LogP contribution is -2.33. The zero-order valence-corrected chi connectivity index (χ0v) is 13.9. The molecule has 0 saturated heterocycles. The van der Waals surface area contributed by atoms with Crippen LogP contribution >= 0.6 is 0 Å². The lowest BCUT2D eigenvalue weighted by molar-refractivity contribution is -0.148. The van der Waals surface area contributed by atoms with Crippen LogP contribution in [0, 0.1) is 6.92 Å². The molecule has 11 heteroatoms. The summed E-state index contributed by atoms with van der Waals surface area (Å²) >= 11 is 0. The van der Waals surface area contributed by atoms with E-state index < -0.39 is 24.9 Å². The fraction of sp³-hybridized carbons (Fsp3) is 0.250. The van der Waals surface area contributed by atoms with E-state index in [1.54, 1.807) is 19.2 Å². The first kappa shape index (κ1) is 18.5. The molecule has 1 N–H and O–H groups in total. The number of rotatable bonds is 6. The lowest BCUT2D eigenvalue weighted by Gasteiger charge is -2.16. The Balaban J connectivity index is 1.69. The van der Waals surface area contributed by atoms with Crippen LogP contribution in [0.4, 0.5) is 23.2 Å². The fourth-order valence-corrected chi connectivity index (χ4v) is 2.12. The zero-order valence-electron chi connectivity index (χ0n) is 13.9. The molecule has 3 aromatic rings. The molecule has 0 unspecified atom stereocenters. The quantitative estimate of drug-likeness (QED) is 0.662. The molecule has 0 bridgehead atoms. The molecule has 142 valence electrons. The SMILES string of the molecule is Cc1cc(OCC(F)(F)C(F)F)ccc1NC(=O)c1nc2ncccn2n1. The van der Waals surface area contributed by atoms with Crippen molar-refractivity contribution in [2.75, 3.05) is 11.9 Å². The van der Waals surface area contributed by atoms with Gasteiger partial charge in [0, 0.05) is 18.1 Å². The molecule has 0 spiro atoms. The topological polar surface area (TPSA) is 81.4 Å². The Morgan fingerprint density at radius 3 is 2.81 bits per heavy atom. The van der Waals surface area contributed by atoms with E-state index in [1.165, 1.54) is 28.9 Å². The molecule has 2 aromatic heterocycles. The molecule has 0 aliphatic heterocycles. The Hall–Kier alpha value is -3.24. The zero-order chi connectivity index (χ0) is 19.6. The van der Waals surface area contributed by atoms with Crippen molar-refractivity contribution in [3.05, 3.63) is 48.0 Å². The first-order valence-corrected chi connectivity index (χ1v) is 7.64. The minimum absolute atomic E-state index is 0.0270. The standard InChI is InChI=1S/C16H13F4N5O2/c1-9-7-10(27-8-16(19,20)14(17)18)3-4-11(9)22-13(26)12-23-15-21-5-2-6-25(15)24-12/h2-7,14H,8H2,1H3,(H,22,26). The monoisotopic (exact) mass is 383 g/mol. The second-order valence-electron chi connectivity index (χ2n) is 5.58. The molecule has 0 radical (unpaired) electrons. The summed E-state index contributed by atoms with van der Waals surface area (Å²) in [5, 5.41) is 6.56. The highest BCUT2D eigenvalue weighted by atomic mass is 19.3. The number of hydrogen-bond donors (Lipinski definition) is 1. The van der Waals surface area contributed by atoms with Gasteiger partial charge in [-0.1, -0.05) is 0 Å². The van der Waals surface area contributed by atoms with Crippen molar-refractivity contribution < 1.29 is 27.1 Å². The number of anilines is 1. The lowest BCUT2D eigenvalue weighted by atomic mass is 10.2. The maximum atomic E-state index is 12.9. The van der Waals surface area contributed by atoms with E-state index in [9.17, 15) is 22.4 Å². The Labute approximate surface area is 150 Å². The van der Waals surface area contributed by atoms with Crippen LogP contribution in [0.2, 0.25) is 0 Å². The Bertz CT molecular complexity index is 943. The molecule has 27 heavy (non-hydrogen) atoms. The van der Waals surface area contributed by atoms with Crippen molar-refractivity contribution in [2.24, 2.45) is 0 Å². The summed E-state index contributed by atoms with van der Waals surface area (Å²) in [6, 6.07) is 5.65. The largest absolute Gasteiger partial charge is 0.487 e. The number of nitrogens with zero attached hydrogens (tertiary/aromatic N) is 4. The second kappa shape index (κ2) is 7.17. The molecule has 1 aromatic carbocycles. The third kappa shape index (κ3) is 4.13. The summed E-state index contributed by atoms with van der Waals surface area (Å²) in [6.07, 6.45) is -0.727. The number of ether oxygens (including phenoxy) is 1. The van der Waals surface area contributed by atoms with Crippen molar-refractivity contribution in [3.63, 3.8) is 0 Å². The molecule has 0 fully saturated rings. The smallest absolute Gasteiger partial charge is 0.340 e. The van der Waals surface area contributed by atoms with Gasteiger partial charge in [0.2, 0.25) is 5.82 Å². The van der Waals surface area contributed by atoms with Crippen LogP contribution in [-0.4, -0.2) is 44.4 Å². The van der Waals surface area contributed by atoms with Crippen LogP contribution in [0.3, 0.4) is 0 Å². The van der Waals surface area contributed by atoms with Gasteiger partial charge in [0.15, 0.2) is 6.61 Å². The van der Waals surface area contributed by atoms with Crippen LogP contribution < -0.4 is 10.1 Å². The van der Waals surface area contributed by atoms with Gasteiger partial charge in [-0.2, -0.15) is 13.8 Å². The van der Waals surface area contributed by atoms with E-state index in [1.807, 2.05) is 0 Å². The summed E-state index contributed by atoms with van der Waals surface area (Å²) in [7, 11) is 0. The highest BCUT2D eigenvalue weighted by Crippen LogP contribution is 2.26. The van der Waals surface area contributed by atoms with Gasteiger partial charge in [-0.25, -0.2) is 18.3 Å². The molecule has 1 amide bonds. The van der Waals surface area contributed by atoms with Gasteiger partial charge >= 0.3 is 12.3 Å². The van der Waals surface area contributed by atoms with Crippen LogP contribution in [-0.2, 0) is 0 Å². The van der Waals surface area contributed by atoms with E-state index in [0.29, 0.717) is 11.3 Å². The predicted octanol–water partition coefficient (Wildman–Crippen LogP) is 2.96. The number of alkyl halides is 4. The number of amides is 1. The molecule has 0 aliphatic carbocycles. The molecule has 2 heterocycles. The minimum atomic E-state index is -4.25. The van der Waals surface area contributed by atoms with Crippen LogP contribution in [0.15, 0.2) is 36.7 Å². The van der Waals surface area contributed by atoms with Crippen molar-refractivity contribution in [2.45, 2.75) is 19.3 Å². The number of nitrogens with one attached hydrogen (secondary N) is 1. The molecular formula is C16H13F4N5O2. The van der Waals surface area contributed by atoms with Gasteiger partial charge in [0.1, 0.15) is 5.75 Å². The number of carbonyl (C=O) groups excluding carboxylic acids is 1. The number of halogens is 4. The number of fused-ring (bicyclic) bond motifs is 1. The average molecular weight is 383 g/mol. The maximum Gasteiger partial charge on any atom is 0.340 e. The Morgan fingerprint density at radius 2 is 2.15 bits per heavy atom. The number of hydrogen-bond acceptors (Lipinski definition) is 5. The van der Waals surface area contributed by atoms with Crippen molar-refractivity contribution in [1.29, 1.82) is 0 Å². The van der Waals surface area contributed by atoms with E-state index in [-0.39, 0.29) is 17.4 Å². The van der Waals surface area contributed by atoms with E-state index in [0.717, 1.165) is 0 Å². The van der Waals surface area contributed by atoms with Gasteiger partial charge in [-0.3, -0.25) is 4.79 Å². The fourth-order valence-electron chi connectivity index (χ4n) is 2.12. The number of benzene rings is 1. The van der Waals surface area contributed by atoms with E-state index in [2.05, 4.69) is 20.4 Å². The summed E-state index contributed by atoms with van der Waals surface area (Å²) in [5.41, 5.74) is 0.836. The van der Waals surface area contributed by atoms with Crippen LogP contribution in [0.25, 0.3) is 5.78 Å². The van der Waals surface area contributed by atoms with Crippen molar-refractivity contribution in [1.82, 2.24) is 19.6 Å². The number of aromatic nitrogens is 4. The van der Waals surface area contributed by atoms with Gasteiger partial charge < -0.3 is 10.1 Å². The normalized spacial score (nSPS) is 11.8. The second-order valence-corrected chi connectivity index (χ2v) is 5.58. The third-order valence-electron chi connectivity index (χ3n) is 3.52. The van der Waals surface area contributed by atoms with E-state index in [4.69, 9.17) is 4.74 Å².